The van der Waals surface area contributed by atoms with E-state index in [0.29, 0.717) is 16.4 Å². The largest absolute Gasteiger partial charge is 0.416 e. The molecule has 5 nitrogen and oxygen atoms in total. The van der Waals surface area contributed by atoms with E-state index in [0.717, 1.165) is 16.4 Å². The summed E-state index contributed by atoms with van der Waals surface area (Å²) in [7, 11) is -0.688. The molecule has 0 saturated carbocycles. The molecular formula is C18H16F3N3O2S2. The average molecular weight is 427 g/mol. The van der Waals surface area contributed by atoms with Crippen LogP contribution in [0.15, 0.2) is 58.8 Å². The quantitative estimate of drug-likeness (QED) is 0.634. The van der Waals surface area contributed by atoms with Crippen LogP contribution in [0.5, 0.6) is 0 Å². The molecule has 0 amide bonds. The summed E-state index contributed by atoms with van der Waals surface area (Å²) in [5.41, 5.74) is 0.627. The predicted molar refractivity (Wildman–Crippen MR) is 103 cm³/mol. The molecule has 3 rings (SSSR count). The van der Waals surface area contributed by atoms with Crippen molar-refractivity contribution < 1.29 is 21.6 Å². The monoisotopic (exact) mass is 427 g/mol. The van der Waals surface area contributed by atoms with Crippen molar-refractivity contribution >= 4 is 32.2 Å². The van der Waals surface area contributed by atoms with Crippen LogP contribution in [-0.4, -0.2) is 31.8 Å². The predicted octanol–water partition coefficient (Wildman–Crippen LogP) is 4.82. The van der Waals surface area contributed by atoms with Gasteiger partial charge in [0.05, 0.1) is 16.2 Å². The molecule has 0 saturated heterocycles. The lowest BCUT2D eigenvalue weighted by atomic mass is 10.2. The molecule has 0 atom stereocenters. The van der Waals surface area contributed by atoms with Crippen molar-refractivity contribution in [2.45, 2.75) is 11.1 Å². The average Bonchev–Trinajstić information content (AvgIpc) is 3.10. The van der Waals surface area contributed by atoms with Crippen LogP contribution in [0.1, 0.15) is 5.56 Å². The van der Waals surface area contributed by atoms with Gasteiger partial charge in [-0.2, -0.15) is 13.2 Å². The normalized spacial score (nSPS) is 12.4. The molecule has 0 unspecified atom stereocenters. The Balaban J connectivity index is 1.86. The molecule has 0 bridgehead atoms. The van der Waals surface area contributed by atoms with Crippen LogP contribution in [0.25, 0.3) is 11.3 Å². The van der Waals surface area contributed by atoms with Gasteiger partial charge in [-0.3, -0.25) is 0 Å². The fraction of sp³-hybridized carbons (Fsp3) is 0.167. The van der Waals surface area contributed by atoms with Gasteiger partial charge in [0, 0.05) is 30.7 Å². The van der Waals surface area contributed by atoms with Crippen molar-refractivity contribution in [3.8, 4) is 11.3 Å². The number of nitrogens with one attached hydrogen (secondary N) is 1. The highest BCUT2D eigenvalue weighted by Crippen LogP contribution is 2.33. The molecule has 1 heterocycles. The first kappa shape index (κ1) is 20.3. The van der Waals surface area contributed by atoms with E-state index < -0.39 is 21.8 Å². The van der Waals surface area contributed by atoms with Crippen molar-refractivity contribution in [3.63, 3.8) is 0 Å². The van der Waals surface area contributed by atoms with E-state index in [1.54, 1.807) is 17.5 Å². The Hall–Kier alpha value is -2.43. The maximum Gasteiger partial charge on any atom is 0.416 e. The molecule has 1 N–H and O–H groups in total. The Morgan fingerprint density at radius 2 is 1.79 bits per heavy atom. The number of anilines is 2. The van der Waals surface area contributed by atoms with E-state index in [1.807, 2.05) is 0 Å². The Labute approximate surface area is 164 Å². The molecule has 0 aliphatic carbocycles. The molecule has 1 aromatic heterocycles. The van der Waals surface area contributed by atoms with E-state index in [1.165, 1.54) is 49.7 Å². The second-order valence-electron chi connectivity index (χ2n) is 6.06. The van der Waals surface area contributed by atoms with Gasteiger partial charge in [-0.1, -0.05) is 18.2 Å². The Bertz CT molecular complexity index is 1090. The van der Waals surface area contributed by atoms with E-state index in [-0.39, 0.29) is 10.6 Å². The topological polar surface area (TPSA) is 62.3 Å². The van der Waals surface area contributed by atoms with Gasteiger partial charge < -0.3 is 5.32 Å². The molecule has 0 radical (unpaired) electrons. The fourth-order valence-electron chi connectivity index (χ4n) is 2.39. The zero-order valence-corrected chi connectivity index (χ0v) is 16.5. The van der Waals surface area contributed by atoms with Gasteiger partial charge in [0.25, 0.3) is 0 Å². The molecule has 0 aliphatic rings. The van der Waals surface area contributed by atoms with Crippen molar-refractivity contribution in [2.24, 2.45) is 0 Å². The molecular weight excluding hydrogens is 411 g/mol. The van der Waals surface area contributed by atoms with Crippen molar-refractivity contribution in [3.05, 3.63) is 59.5 Å². The molecule has 10 heteroatoms. The van der Waals surface area contributed by atoms with Crippen LogP contribution in [0.3, 0.4) is 0 Å². The third-order valence-corrected chi connectivity index (χ3v) is 6.42. The van der Waals surface area contributed by atoms with Gasteiger partial charge in [-0.25, -0.2) is 17.7 Å². The van der Waals surface area contributed by atoms with Gasteiger partial charge >= 0.3 is 6.18 Å². The number of thiazole rings is 1. The summed E-state index contributed by atoms with van der Waals surface area (Å²) in [5.74, 6) is 0. The van der Waals surface area contributed by atoms with E-state index in [4.69, 9.17) is 0 Å². The van der Waals surface area contributed by atoms with Gasteiger partial charge in [-0.05, 0) is 30.3 Å². The number of rotatable bonds is 5. The number of nitrogens with zero attached hydrogens (tertiary/aromatic N) is 2. The number of hydrogen-bond acceptors (Lipinski definition) is 5. The Morgan fingerprint density at radius 3 is 2.46 bits per heavy atom. The van der Waals surface area contributed by atoms with Crippen molar-refractivity contribution in [1.29, 1.82) is 0 Å². The zero-order valence-electron chi connectivity index (χ0n) is 14.9. The van der Waals surface area contributed by atoms with E-state index >= 15 is 0 Å². The third kappa shape index (κ3) is 4.34. The van der Waals surface area contributed by atoms with Crippen LogP contribution >= 0.6 is 11.3 Å². The Morgan fingerprint density at radius 1 is 1.07 bits per heavy atom. The van der Waals surface area contributed by atoms with Crippen LogP contribution in [-0.2, 0) is 16.2 Å². The molecule has 0 aliphatic heterocycles. The number of halogens is 3. The standard InChI is InChI=1S/C18H16F3N3O2S2/c1-24(2)28(25,26)15-8-3-5-12(9-15)16-11-27-17(23-16)22-14-7-4-6-13(10-14)18(19,20)21/h3-11H,1-2H3,(H,22,23). The molecule has 0 fully saturated rings. The molecule has 28 heavy (non-hydrogen) atoms. The summed E-state index contributed by atoms with van der Waals surface area (Å²) in [6.45, 7) is 0. The van der Waals surface area contributed by atoms with Crippen molar-refractivity contribution in [2.75, 3.05) is 19.4 Å². The third-order valence-electron chi connectivity index (χ3n) is 3.85. The molecule has 0 spiro atoms. The summed E-state index contributed by atoms with van der Waals surface area (Å²) < 4.78 is 64.2. The van der Waals surface area contributed by atoms with E-state index in [9.17, 15) is 21.6 Å². The van der Waals surface area contributed by atoms with Crippen LogP contribution < -0.4 is 5.32 Å². The highest BCUT2D eigenvalue weighted by Gasteiger charge is 2.30. The minimum Gasteiger partial charge on any atom is -0.332 e. The highest BCUT2D eigenvalue weighted by atomic mass is 32.2. The minimum absolute atomic E-state index is 0.135. The fourth-order valence-corrected chi connectivity index (χ4v) is 4.08. The summed E-state index contributed by atoms with van der Waals surface area (Å²) in [6, 6.07) is 11.2. The lowest BCUT2D eigenvalue weighted by Gasteiger charge is -2.11. The molecule has 2 aromatic carbocycles. The SMILES string of the molecule is CN(C)S(=O)(=O)c1cccc(-c2csc(Nc3cccc(C(F)(F)F)c3)n2)c1. The first-order valence-electron chi connectivity index (χ1n) is 8.00. The summed E-state index contributed by atoms with van der Waals surface area (Å²) in [6.07, 6.45) is -4.43. The first-order valence-corrected chi connectivity index (χ1v) is 10.3. The maximum atomic E-state index is 12.8. The van der Waals surface area contributed by atoms with Crippen molar-refractivity contribution in [1.82, 2.24) is 9.29 Å². The first-order chi connectivity index (χ1) is 13.1. The van der Waals surface area contributed by atoms with Crippen LogP contribution in [0.4, 0.5) is 24.0 Å². The number of benzene rings is 2. The second kappa shape index (κ2) is 7.53. The summed E-state index contributed by atoms with van der Waals surface area (Å²) in [5, 5.41) is 4.95. The van der Waals surface area contributed by atoms with Crippen LogP contribution in [0.2, 0.25) is 0 Å². The van der Waals surface area contributed by atoms with Gasteiger partial charge in [0.15, 0.2) is 5.13 Å². The van der Waals surface area contributed by atoms with Gasteiger partial charge in [0.2, 0.25) is 10.0 Å². The smallest absolute Gasteiger partial charge is 0.332 e. The maximum absolute atomic E-state index is 12.8. The highest BCUT2D eigenvalue weighted by molar-refractivity contribution is 7.89. The van der Waals surface area contributed by atoms with Crippen LogP contribution in [0, 0.1) is 0 Å². The zero-order chi connectivity index (χ0) is 20.5. The Kier molecular flexibility index (Phi) is 5.46. The lowest BCUT2D eigenvalue weighted by Crippen LogP contribution is -2.22. The summed E-state index contributed by atoms with van der Waals surface area (Å²) in [4.78, 5) is 4.49. The van der Waals surface area contributed by atoms with E-state index in [2.05, 4.69) is 10.3 Å². The number of sulfonamides is 1. The minimum atomic E-state index is -4.43. The number of alkyl halides is 3. The lowest BCUT2D eigenvalue weighted by molar-refractivity contribution is -0.137. The number of aromatic nitrogens is 1. The van der Waals surface area contributed by atoms with Gasteiger partial charge in [-0.15, -0.1) is 11.3 Å². The van der Waals surface area contributed by atoms with Gasteiger partial charge in [0.1, 0.15) is 0 Å². The molecule has 148 valence electrons. The number of hydrogen-bond donors (Lipinski definition) is 1. The second-order valence-corrected chi connectivity index (χ2v) is 9.07. The molecule has 3 aromatic rings. The summed E-state index contributed by atoms with van der Waals surface area (Å²) >= 11 is 1.21.